The molecule has 2 heterocycles. The summed E-state index contributed by atoms with van der Waals surface area (Å²) in [6.07, 6.45) is 0. The first-order valence-electron chi connectivity index (χ1n) is 10.1. The van der Waals surface area contributed by atoms with Gasteiger partial charge in [0.2, 0.25) is 0 Å². The Labute approximate surface area is 185 Å². The lowest BCUT2D eigenvalue weighted by molar-refractivity contribution is 0.0946. The molecule has 0 aliphatic heterocycles. The fourth-order valence-corrected chi connectivity index (χ4v) is 4.32. The Morgan fingerprint density at radius 3 is 2.77 bits per heavy atom. The third-order valence-corrected chi connectivity index (χ3v) is 6.02. The number of hydrogen-bond donors (Lipinski definition) is 2. The van der Waals surface area contributed by atoms with Crippen LogP contribution < -0.4 is 10.1 Å². The second-order valence-corrected chi connectivity index (χ2v) is 8.23. The van der Waals surface area contributed by atoms with Crippen molar-refractivity contribution in [3.63, 3.8) is 0 Å². The van der Waals surface area contributed by atoms with Gasteiger partial charge in [-0.3, -0.25) is 9.89 Å². The van der Waals surface area contributed by atoms with Crippen LogP contribution in [0, 0.1) is 13.8 Å². The van der Waals surface area contributed by atoms with Crippen molar-refractivity contribution in [1.29, 1.82) is 0 Å². The van der Waals surface area contributed by atoms with Gasteiger partial charge in [0, 0.05) is 12.1 Å². The molecule has 0 unspecified atom stereocenters. The van der Waals surface area contributed by atoms with Crippen LogP contribution in [0.1, 0.15) is 34.2 Å². The largest absolute Gasteiger partial charge is 0.494 e. The summed E-state index contributed by atoms with van der Waals surface area (Å²) < 4.78 is 5.51. The van der Waals surface area contributed by atoms with Gasteiger partial charge in [-0.2, -0.15) is 5.10 Å². The number of hydrogen-bond acceptors (Lipinski definition) is 5. The van der Waals surface area contributed by atoms with Crippen LogP contribution in [-0.4, -0.2) is 27.7 Å². The zero-order chi connectivity index (χ0) is 21.8. The summed E-state index contributed by atoms with van der Waals surface area (Å²) in [4.78, 5) is 18.3. The fourth-order valence-electron chi connectivity index (χ4n) is 3.29. The van der Waals surface area contributed by atoms with Crippen molar-refractivity contribution in [3.8, 4) is 26.9 Å². The maximum Gasteiger partial charge on any atom is 0.272 e. The van der Waals surface area contributed by atoms with Crippen molar-refractivity contribution in [3.05, 3.63) is 77.1 Å². The van der Waals surface area contributed by atoms with E-state index in [0.717, 1.165) is 38.1 Å². The quantitative estimate of drug-likeness (QED) is 0.423. The zero-order valence-corrected chi connectivity index (χ0v) is 18.5. The Bertz CT molecular complexity index is 1210. The minimum Gasteiger partial charge on any atom is -0.494 e. The standard InChI is InChI=1S/C24H24N4O2S/c1-4-30-19-10-6-8-17(12-19)14-25-23(29)21-13-20(27-28-21)22-16(3)26-24(31-22)18-9-5-7-15(2)11-18/h5-13H,4,14H2,1-3H3,(H,25,29)(H,27,28). The first-order valence-corrected chi connectivity index (χ1v) is 11.0. The third-order valence-electron chi connectivity index (χ3n) is 4.78. The van der Waals surface area contributed by atoms with Crippen LogP contribution in [0.15, 0.2) is 54.6 Å². The van der Waals surface area contributed by atoms with Crippen molar-refractivity contribution >= 4 is 17.2 Å². The molecule has 4 aromatic rings. The molecule has 2 N–H and O–H groups in total. The number of aromatic amines is 1. The highest BCUT2D eigenvalue weighted by atomic mass is 32.1. The number of rotatable bonds is 7. The molecule has 1 amide bonds. The van der Waals surface area contributed by atoms with E-state index >= 15 is 0 Å². The number of ether oxygens (including phenoxy) is 1. The van der Waals surface area contributed by atoms with Gasteiger partial charge in [-0.15, -0.1) is 11.3 Å². The van der Waals surface area contributed by atoms with Gasteiger partial charge < -0.3 is 10.1 Å². The van der Waals surface area contributed by atoms with Crippen LogP contribution in [0.4, 0.5) is 0 Å². The molecule has 0 aliphatic carbocycles. The summed E-state index contributed by atoms with van der Waals surface area (Å²) in [5.41, 5.74) is 5.30. The number of aromatic nitrogens is 3. The zero-order valence-electron chi connectivity index (χ0n) is 17.7. The van der Waals surface area contributed by atoms with E-state index in [1.165, 1.54) is 5.56 Å². The van der Waals surface area contributed by atoms with Gasteiger partial charge in [-0.25, -0.2) is 4.98 Å². The predicted octanol–water partition coefficient (Wildman–Crippen LogP) is 5.15. The van der Waals surface area contributed by atoms with Crippen LogP contribution >= 0.6 is 11.3 Å². The average molecular weight is 433 g/mol. The molecule has 0 saturated carbocycles. The number of nitrogens with zero attached hydrogens (tertiary/aromatic N) is 2. The molecular weight excluding hydrogens is 408 g/mol. The Kier molecular flexibility index (Phi) is 6.13. The number of nitrogens with one attached hydrogen (secondary N) is 2. The molecule has 0 spiro atoms. The van der Waals surface area contributed by atoms with Crippen LogP contribution in [0.5, 0.6) is 5.75 Å². The van der Waals surface area contributed by atoms with Gasteiger partial charge in [0.25, 0.3) is 5.91 Å². The van der Waals surface area contributed by atoms with E-state index in [4.69, 9.17) is 9.72 Å². The lowest BCUT2D eigenvalue weighted by Gasteiger charge is -2.06. The Hall–Kier alpha value is -3.45. The molecule has 0 aliphatic rings. The number of thiazole rings is 1. The minimum absolute atomic E-state index is 0.231. The molecule has 0 atom stereocenters. The van der Waals surface area contributed by atoms with Gasteiger partial charge in [-0.05, 0) is 50.6 Å². The highest BCUT2D eigenvalue weighted by Crippen LogP contribution is 2.34. The SMILES string of the molecule is CCOc1cccc(CNC(=O)c2cc(-c3sc(-c4cccc(C)c4)nc3C)[nH]n2)c1. The van der Waals surface area contributed by atoms with Crippen molar-refractivity contribution in [2.45, 2.75) is 27.3 Å². The molecule has 2 aromatic carbocycles. The fraction of sp³-hybridized carbons (Fsp3) is 0.208. The summed E-state index contributed by atoms with van der Waals surface area (Å²) >= 11 is 1.59. The molecular formula is C24H24N4O2S. The summed E-state index contributed by atoms with van der Waals surface area (Å²) in [5.74, 6) is 0.562. The maximum absolute atomic E-state index is 12.6. The van der Waals surface area contributed by atoms with Crippen molar-refractivity contribution in [1.82, 2.24) is 20.5 Å². The summed E-state index contributed by atoms with van der Waals surface area (Å²) in [6, 6.07) is 17.7. The number of carbonyl (C=O) groups excluding carboxylic acids is 1. The van der Waals surface area contributed by atoms with Crippen molar-refractivity contribution < 1.29 is 9.53 Å². The summed E-state index contributed by atoms with van der Waals surface area (Å²) in [6.45, 7) is 6.99. The normalized spacial score (nSPS) is 10.8. The molecule has 7 heteroatoms. The maximum atomic E-state index is 12.6. The van der Waals surface area contributed by atoms with E-state index < -0.39 is 0 Å². The first kappa shape index (κ1) is 20.8. The van der Waals surface area contributed by atoms with E-state index in [2.05, 4.69) is 40.6 Å². The molecule has 2 aromatic heterocycles. The Balaban J connectivity index is 1.47. The number of amides is 1. The summed E-state index contributed by atoms with van der Waals surface area (Å²) in [5, 5.41) is 11.1. The van der Waals surface area contributed by atoms with Crippen molar-refractivity contribution in [2.24, 2.45) is 0 Å². The molecule has 0 saturated heterocycles. The molecule has 158 valence electrons. The van der Waals surface area contributed by atoms with Gasteiger partial charge in [0.1, 0.15) is 10.8 Å². The van der Waals surface area contributed by atoms with E-state index in [-0.39, 0.29) is 5.91 Å². The average Bonchev–Trinajstić information content (AvgIpc) is 3.39. The smallest absolute Gasteiger partial charge is 0.272 e. The molecule has 0 fully saturated rings. The monoisotopic (exact) mass is 432 g/mol. The number of benzene rings is 2. The van der Waals surface area contributed by atoms with Crippen molar-refractivity contribution in [2.75, 3.05) is 6.61 Å². The van der Waals surface area contributed by atoms with Gasteiger partial charge >= 0.3 is 0 Å². The Morgan fingerprint density at radius 1 is 1.13 bits per heavy atom. The molecule has 0 bridgehead atoms. The second-order valence-electron chi connectivity index (χ2n) is 7.23. The van der Waals surface area contributed by atoms with E-state index in [9.17, 15) is 4.79 Å². The van der Waals surface area contributed by atoms with Gasteiger partial charge in [0.05, 0.1) is 22.9 Å². The number of aryl methyl sites for hydroxylation is 2. The number of H-pyrrole nitrogens is 1. The van der Waals surface area contributed by atoms with E-state index in [1.54, 1.807) is 17.4 Å². The molecule has 4 rings (SSSR count). The lowest BCUT2D eigenvalue weighted by Crippen LogP contribution is -2.23. The van der Waals surface area contributed by atoms with Crippen LogP contribution in [0.3, 0.4) is 0 Å². The number of carbonyl (C=O) groups is 1. The second kappa shape index (κ2) is 9.14. The lowest BCUT2D eigenvalue weighted by atomic mass is 10.1. The van der Waals surface area contributed by atoms with E-state index in [1.807, 2.05) is 44.2 Å². The van der Waals surface area contributed by atoms with E-state index in [0.29, 0.717) is 18.8 Å². The van der Waals surface area contributed by atoms with Crippen LogP contribution in [-0.2, 0) is 6.54 Å². The molecule has 31 heavy (non-hydrogen) atoms. The summed E-state index contributed by atoms with van der Waals surface area (Å²) in [7, 11) is 0. The van der Waals surface area contributed by atoms with Crippen LogP contribution in [0.2, 0.25) is 0 Å². The molecule has 0 radical (unpaired) electrons. The Morgan fingerprint density at radius 2 is 1.97 bits per heavy atom. The van der Waals surface area contributed by atoms with Gasteiger partial charge in [-0.1, -0.05) is 35.9 Å². The van der Waals surface area contributed by atoms with Crippen LogP contribution in [0.25, 0.3) is 21.1 Å². The highest BCUT2D eigenvalue weighted by Gasteiger charge is 2.16. The highest BCUT2D eigenvalue weighted by molar-refractivity contribution is 7.18. The minimum atomic E-state index is -0.231. The first-order chi connectivity index (χ1) is 15.0. The molecule has 6 nitrogen and oxygen atoms in total. The third kappa shape index (κ3) is 4.83. The predicted molar refractivity (Wildman–Crippen MR) is 123 cm³/mol. The topological polar surface area (TPSA) is 79.9 Å². The van der Waals surface area contributed by atoms with Gasteiger partial charge in [0.15, 0.2) is 5.69 Å².